The predicted octanol–water partition coefficient (Wildman–Crippen LogP) is 4.42. The summed E-state index contributed by atoms with van der Waals surface area (Å²) in [4.78, 5) is 2.73. The minimum absolute atomic E-state index is 0.344. The van der Waals surface area contributed by atoms with Crippen LogP contribution < -0.4 is 0 Å². The molecule has 1 heterocycles. The summed E-state index contributed by atoms with van der Waals surface area (Å²) in [5, 5.41) is 10.1. The Morgan fingerprint density at radius 1 is 1.30 bits per heavy atom. The lowest BCUT2D eigenvalue weighted by Crippen LogP contribution is -2.60. The highest BCUT2D eigenvalue weighted by Gasteiger charge is 2.53. The molecule has 1 saturated carbocycles. The largest absolute Gasteiger partial charge is 0.508 e. The zero-order valence-electron chi connectivity index (χ0n) is 14.5. The van der Waals surface area contributed by atoms with E-state index in [2.05, 4.69) is 37.0 Å². The monoisotopic (exact) mass is 311 g/mol. The Labute approximate surface area is 140 Å². The van der Waals surface area contributed by atoms with E-state index in [1.807, 2.05) is 6.07 Å². The average Bonchev–Trinajstić information content (AvgIpc) is 2.54. The topological polar surface area (TPSA) is 23.5 Å². The van der Waals surface area contributed by atoms with Gasteiger partial charge in [-0.05, 0) is 75.3 Å². The molecule has 23 heavy (non-hydrogen) atoms. The molecule has 2 nitrogen and oxygen atoms in total. The van der Waals surface area contributed by atoms with E-state index in [1.54, 1.807) is 0 Å². The molecule has 0 aromatic heterocycles. The number of hydrogen-bond acceptors (Lipinski definition) is 2. The van der Waals surface area contributed by atoms with Gasteiger partial charge in [-0.2, -0.15) is 0 Å². The summed E-state index contributed by atoms with van der Waals surface area (Å²) >= 11 is 0. The van der Waals surface area contributed by atoms with Gasteiger partial charge in [0, 0.05) is 18.0 Å². The van der Waals surface area contributed by atoms with Crippen LogP contribution in [0.3, 0.4) is 0 Å². The van der Waals surface area contributed by atoms with Crippen molar-refractivity contribution in [2.75, 3.05) is 13.1 Å². The summed E-state index contributed by atoms with van der Waals surface area (Å²) in [5.74, 6) is 1.23. The van der Waals surface area contributed by atoms with Crippen molar-refractivity contribution < 1.29 is 5.11 Å². The van der Waals surface area contributed by atoms with Gasteiger partial charge in [-0.25, -0.2) is 0 Å². The fourth-order valence-corrected chi connectivity index (χ4v) is 5.60. The van der Waals surface area contributed by atoms with Gasteiger partial charge in [-0.1, -0.05) is 30.6 Å². The summed E-state index contributed by atoms with van der Waals surface area (Å²) in [7, 11) is 0. The Bertz CT molecular complexity index is 631. The third-order valence-electron chi connectivity index (χ3n) is 6.67. The molecule has 3 atom stereocenters. The summed E-state index contributed by atoms with van der Waals surface area (Å²) in [6.07, 6.45) is 10.2. The lowest BCUT2D eigenvalue weighted by Gasteiger charge is -2.59. The molecule has 124 valence electrons. The van der Waals surface area contributed by atoms with Gasteiger partial charge in [0.25, 0.3) is 0 Å². The number of benzene rings is 1. The number of phenols is 1. The predicted molar refractivity (Wildman–Crippen MR) is 94.9 cm³/mol. The van der Waals surface area contributed by atoms with Gasteiger partial charge in [0.05, 0.1) is 0 Å². The SMILES string of the molecule is CC(C)=CCN1CC[C@]23CCCC[C@H]2[C@@H]1Cc1ccc(O)cc13. The van der Waals surface area contributed by atoms with E-state index >= 15 is 0 Å². The Hall–Kier alpha value is -1.28. The summed E-state index contributed by atoms with van der Waals surface area (Å²) < 4.78 is 0. The fraction of sp³-hybridized carbons (Fsp3) is 0.619. The maximum atomic E-state index is 10.1. The van der Waals surface area contributed by atoms with Crippen LogP contribution in [0.5, 0.6) is 5.75 Å². The highest BCUT2D eigenvalue weighted by atomic mass is 16.3. The Balaban J connectivity index is 1.75. The number of phenolic OH excluding ortho intramolecular Hbond substituents is 1. The number of hydrogen-bond donors (Lipinski definition) is 1. The van der Waals surface area contributed by atoms with Gasteiger partial charge in [-0.15, -0.1) is 0 Å². The van der Waals surface area contributed by atoms with Crippen molar-refractivity contribution in [1.29, 1.82) is 0 Å². The second-order valence-electron chi connectivity index (χ2n) is 8.15. The first-order valence-corrected chi connectivity index (χ1v) is 9.30. The van der Waals surface area contributed by atoms with Gasteiger partial charge in [0.2, 0.25) is 0 Å². The van der Waals surface area contributed by atoms with Crippen LogP contribution in [0.25, 0.3) is 0 Å². The molecule has 2 heteroatoms. The molecule has 0 amide bonds. The molecule has 2 aliphatic carbocycles. The van der Waals surface area contributed by atoms with E-state index in [1.165, 1.54) is 61.8 Å². The number of rotatable bonds is 2. The smallest absolute Gasteiger partial charge is 0.115 e. The number of fused-ring (bicyclic) bond motifs is 1. The van der Waals surface area contributed by atoms with Gasteiger partial charge in [-0.3, -0.25) is 4.90 Å². The van der Waals surface area contributed by atoms with Crippen LogP contribution in [-0.4, -0.2) is 29.1 Å². The van der Waals surface area contributed by atoms with Gasteiger partial charge in [0.1, 0.15) is 5.75 Å². The first-order valence-electron chi connectivity index (χ1n) is 9.30. The second kappa shape index (κ2) is 5.66. The molecule has 1 N–H and O–H groups in total. The van der Waals surface area contributed by atoms with Crippen LogP contribution in [0.1, 0.15) is 57.1 Å². The van der Waals surface area contributed by atoms with Gasteiger partial charge >= 0.3 is 0 Å². The Morgan fingerprint density at radius 3 is 3.00 bits per heavy atom. The van der Waals surface area contributed by atoms with E-state index in [9.17, 15) is 5.11 Å². The standard InChI is InChI=1S/C21H29NO/c1-15(2)8-11-22-12-10-21-9-4-3-5-18(21)20(22)13-16-6-7-17(23)14-19(16)21/h6-8,14,18,20,23H,3-5,9-13H2,1-2H3/t18-,20-,21+/m0/s1. The number of nitrogens with zero attached hydrogens (tertiary/aromatic N) is 1. The fourth-order valence-electron chi connectivity index (χ4n) is 5.60. The normalized spacial score (nSPS) is 32.8. The van der Waals surface area contributed by atoms with Crippen molar-refractivity contribution >= 4 is 0 Å². The molecule has 1 aromatic rings. The molecule has 0 radical (unpaired) electrons. The Morgan fingerprint density at radius 2 is 2.17 bits per heavy atom. The number of allylic oxidation sites excluding steroid dienone is 1. The first-order chi connectivity index (χ1) is 11.1. The van der Waals surface area contributed by atoms with Crippen LogP contribution >= 0.6 is 0 Å². The minimum atomic E-state index is 0.344. The Kier molecular flexibility index (Phi) is 3.76. The third kappa shape index (κ3) is 2.42. The molecule has 4 rings (SSSR count). The molecule has 2 bridgehead atoms. The molecule has 1 aliphatic heterocycles. The first kappa shape index (κ1) is 15.3. The molecular formula is C21H29NO. The molecule has 1 saturated heterocycles. The molecule has 3 aliphatic rings. The van der Waals surface area contributed by atoms with Crippen molar-refractivity contribution in [2.45, 2.75) is 63.8 Å². The highest BCUT2D eigenvalue weighted by molar-refractivity contribution is 5.45. The quantitative estimate of drug-likeness (QED) is 0.817. The van der Waals surface area contributed by atoms with E-state index in [0.29, 0.717) is 17.2 Å². The zero-order chi connectivity index (χ0) is 16.0. The lowest BCUT2D eigenvalue weighted by molar-refractivity contribution is -0.00528. The van der Waals surface area contributed by atoms with E-state index in [-0.39, 0.29) is 0 Å². The molecule has 1 aromatic carbocycles. The number of aromatic hydroxyl groups is 1. The second-order valence-corrected chi connectivity index (χ2v) is 8.15. The van der Waals surface area contributed by atoms with Gasteiger partial charge in [0.15, 0.2) is 0 Å². The van der Waals surface area contributed by atoms with Crippen LogP contribution in [0.15, 0.2) is 29.8 Å². The summed E-state index contributed by atoms with van der Waals surface area (Å²) in [6, 6.07) is 6.86. The van der Waals surface area contributed by atoms with Crippen molar-refractivity contribution in [3.8, 4) is 5.75 Å². The van der Waals surface area contributed by atoms with Crippen LogP contribution in [-0.2, 0) is 11.8 Å². The molecule has 0 unspecified atom stereocenters. The molecular weight excluding hydrogens is 282 g/mol. The number of likely N-dealkylation sites (tertiary alicyclic amines) is 1. The molecule has 2 fully saturated rings. The van der Waals surface area contributed by atoms with E-state index in [0.717, 1.165) is 12.5 Å². The zero-order valence-corrected chi connectivity index (χ0v) is 14.5. The van der Waals surface area contributed by atoms with Crippen molar-refractivity contribution in [2.24, 2.45) is 5.92 Å². The maximum absolute atomic E-state index is 10.1. The minimum Gasteiger partial charge on any atom is -0.508 e. The lowest BCUT2D eigenvalue weighted by atomic mass is 9.52. The van der Waals surface area contributed by atoms with Crippen LogP contribution in [0, 0.1) is 5.92 Å². The van der Waals surface area contributed by atoms with Crippen molar-refractivity contribution in [3.63, 3.8) is 0 Å². The maximum Gasteiger partial charge on any atom is 0.115 e. The van der Waals surface area contributed by atoms with Crippen molar-refractivity contribution in [3.05, 3.63) is 41.0 Å². The van der Waals surface area contributed by atoms with Gasteiger partial charge < -0.3 is 5.11 Å². The summed E-state index contributed by atoms with van der Waals surface area (Å²) in [6.45, 7) is 6.72. The van der Waals surface area contributed by atoms with E-state index < -0.39 is 0 Å². The van der Waals surface area contributed by atoms with Crippen LogP contribution in [0.2, 0.25) is 0 Å². The van der Waals surface area contributed by atoms with Crippen molar-refractivity contribution in [1.82, 2.24) is 4.90 Å². The van der Waals surface area contributed by atoms with Crippen LogP contribution in [0.4, 0.5) is 0 Å². The highest BCUT2D eigenvalue weighted by Crippen LogP contribution is 2.56. The third-order valence-corrected chi connectivity index (χ3v) is 6.67. The number of piperidine rings is 1. The molecule has 0 spiro atoms. The average molecular weight is 311 g/mol. The summed E-state index contributed by atoms with van der Waals surface area (Å²) in [5.41, 5.74) is 4.75. The van der Waals surface area contributed by atoms with E-state index in [4.69, 9.17) is 0 Å².